The predicted molar refractivity (Wildman–Crippen MR) is 114 cm³/mol. The number of rotatable bonds is 5. The number of hydrogen-bond donors (Lipinski definition) is 2. The molecule has 1 saturated heterocycles. The fourth-order valence-corrected chi connectivity index (χ4v) is 3.83. The third kappa shape index (κ3) is 4.36. The SMILES string of the molecule is Cc1ccc(O)c(-c2cc(-c3c(F)cccc3Cl)cc(NCC3CCCO3)n2)c1. The van der Waals surface area contributed by atoms with Crippen molar-refractivity contribution in [3.63, 3.8) is 0 Å². The van der Waals surface area contributed by atoms with E-state index >= 15 is 0 Å². The van der Waals surface area contributed by atoms with Gasteiger partial charge in [0.1, 0.15) is 17.4 Å². The summed E-state index contributed by atoms with van der Waals surface area (Å²) < 4.78 is 20.2. The number of anilines is 1. The first-order valence-electron chi connectivity index (χ1n) is 9.63. The molecule has 3 aromatic rings. The summed E-state index contributed by atoms with van der Waals surface area (Å²) in [4.78, 5) is 4.66. The van der Waals surface area contributed by atoms with Gasteiger partial charge < -0.3 is 15.2 Å². The summed E-state index contributed by atoms with van der Waals surface area (Å²) in [7, 11) is 0. The molecule has 1 aliphatic heterocycles. The molecule has 1 aliphatic rings. The number of phenolic OH excluding ortho intramolecular Hbond substituents is 1. The molecule has 2 heterocycles. The topological polar surface area (TPSA) is 54.4 Å². The number of nitrogens with one attached hydrogen (secondary N) is 1. The summed E-state index contributed by atoms with van der Waals surface area (Å²) in [5.74, 6) is 0.284. The second kappa shape index (κ2) is 8.39. The van der Waals surface area contributed by atoms with Gasteiger partial charge in [-0.2, -0.15) is 0 Å². The molecule has 0 saturated carbocycles. The van der Waals surface area contributed by atoms with Gasteiger partial charge in [0.2, 0.25) is 0 Å². The lowest BCUT2D eigenvalue weighted by molar-refractivity contribution is 0.120. The quantitative estimate of drug-likeness (QED) is 0.555. The van der Waals surface area contributed by atoms with E-state index in [1.165, 1.54) is 6.07 Å². The van der Waals surface area contributed by atoms with Crippen molar-refractivity contribution in [2.75, 3.05) is 18.5 Å². The third-order valence-electron chi connectivity index (χ3n) is 5.04. The van der Waals surface area contributed by atoms with Crippen LogP contribution in [0, 0.1) is 12.7 Å². The Hall–Kier alpha value is -2.63. The molecule has 0 aliphatic carbocycles. The van der Waals surface area contributed by atoms with Crippen molar-refractivity contribution >= 4 is 17.4 Å². The Labute approximate surface area is 174 Å². The van der Waals surface area contributed by atoms with Crippen molar-refractivity contribution in [1.29, 1.82) is 0 Å². The smallest absolute Gasteiger partial charge is 0.132 e. The Morgan fingerprint density at radius 2 is 2.10 bits per heavy atom. The Morgan fingerprint density at radius 3 is 2.86 bits per heavy atom. The molecule has 4 rings (SSSR count). The van der Waals surface area contributed by atoms with Crippen LogP contribution in [0.4, 0.5) is 10.2 Å². The van der Waals surface area contributed by atoms with Crippen LogP contribution >= 0.6 is 11.6 Å². The van der Waals surface area contributed by atoms with Crippen molar-refractivity contribution in [3.8, 4) is 28.1 Å². The first-order valence-corrected chi connectivity index (χ1v) is 10.0. The molecule has 0 bridgehead atoms. The van der Waals surface area contributed by atoms with Crippen LogP contribution < -0.4 is 5.32 Å². The van der Waals surface area contributed by atoms with E-state index in [4.69, 9.17) is 16.3 Å². The fraction of sp³-hybridized carbons (Fsp3) is 0.261. The zero-order valence-electron chi connectivity index (χ0n) is 16.1. The lowest BCUT2D eigenvalue weighted by Gasteiger charge is -2.15. The first kappa shape index (κ1) is 19.7. The predicted octanol–water partition coefficient (Wildman–Crippen LogP) is 5.81. The maximum atomic E-state index is 14.6. The molecular formula is C23H22ClFN2O2. The van der Waals surface area contributed by atoms with E-state index in [2.05, 4.69) is 10.3 Å². The molecule has 4 nitrogen and oxygen atoms in total. The number of phenols is 1. The highest BCUT2D eigenvalue weighted by molar-refractivity contribution is 6.33. The van der Waals surface area contributed by atoms with Gasteiger partial charge in [0, 0.05) is 24.3 Å². The van der Waals surface area contributed by atoms with E-state index in [1.807, 2.05) is 19.1 Å². The lowest BCUT2D eigenvalue weighted by atomic mass is 10.0. The summed E-state index contributed by atoms with van der Waals surface area (Å²) >= 11 is 6.30. The molecule has 0 radical (unpaired) electrons. The van der Waals surface area contributed by atoms with Gasteiger partial charge in [-0.25, -0.2) is 9.37 Å². The Balaban J connectivity index is 1.79. The van der Waals surface area contributed by atoms with E-state index in [0.29, 0.717) is 39.8 Å². The van der Waals surface area contributed by atoms with Crippen molar-refractivity contribution in [2.45, 2.75) is 25.9 Å². The van der Waals surface area contributed by atoms with Gasteiger partial charge in [0.05, 0.1) is 16.8 Å². The molecular weight excluding hydrogens is 391 g/mol. The van der Waals surface area contributed by atoms with Crippen molar-refractivity contribution in [2.24, 2.45) is 0 Å². The Morgan fingerprint density at radius 1 is 1.24 bits per heavy atom. The molecule has 2 N–H and O–H groups in total. The molecule has 150 valence electrons. The van der Waals surface area contributed by atoms with Crippen LogP contribution in [0.15, 0.2) is 48.5 Å². The number of nitrogens with zero attached hydrogens (tertiary/aromatic N) is 1. The molecule has 0 spiro atoms. The number of halogens is 2. The number of pyridine rings is 1. The third-order valence-corrected chi connectivity index (χ3v) is 5.35. The average Bonchev–Trinajstić information content (AvgIpc) is 3.22. The highest BCUT2D eigenvalue weighted by atomic mass is 35.5. The summed E-state index contributed by atoms with van der Waals surface area (Å²) in [6.45, 7) is 3.32. The minimum Gasteiger partial charge on any atom is -0.507 e. The monoisotopic (exact) mass is 412 g/mol. The summed E-state index contributed by atoms with van der Waals surface area (Å²) in [5.41, 5.74) is 3.01. The number of aromatic hydroxyl groups is 1. The van der Waals surface area contributed by atoms with Crippen molar-refractivity contribution in [1.82, 2.24) is 4.98 Å². The summed E-state index contributed by atoms with van der Waals surface area (Å²) in [5, 5.41) is 14.0. The van der Waals surface area contributed by atoms with Crippen LogP contribution in [0.25, 0.3) is 22.4 Å². The van der Waals surface area contributed by atoms with Gasteiger partial charge in [-0.3, -0.25) is 0 Å². The normalized spacial score (nSPS) is 16.2. The first-order chi connectivity index (χ1) is 14.0. The lowest BCUT2D eigenvalue weighted by Crippen LogP contribution is -2.19. The van der Waals surface area contributed by atoms with Gasteiger partial charge >= 0.3 is 0 Å². The van der Waals surface area contributed by atoms with E-state index in [0.717, 1.165) is 25.0 Å². The van der Waals surface area contributed by atoms with Gasteiger partial charge in [-0.05, 0) is 61.7 Å². The van der Waals surface area contributed by atoms with Gasteiger partial charge in [0.15, 0.2) is 0 Å². The number of benzene rings is 2. The molecule has 29 heavy (non-hydrogen) atoms. The average molecular weight is 413 g/mol. The van der Waals surface area contributed by atoms with Crippen LogP contribution in [0.3, 0.4) is 0 Å². The highest BCUT2D eigenvalue weighted by Gasteiger charge is 2.18. The van der Waals surface area contributed by atoms with E-state index in [9.17, 15) is 9.50 Å². The fourth-order valence-electron chi connectivity index (χ4n) is 3.56. The summed E-state index contributed by atoms with van der Waals surface area (Å²) in [6, 6.07) is 13.4. The molecule has 1 fully saturated rings. The van der Waals surface area contributed by atoms with Crippen LogP contribution in [0.2, 0.25) is 5.02 Å². The number of ether oxygens (including phenoxy) is 1. The van der Waals surface area contributed by atoms with Crippen LogP contribution in [0.5, 0.6) is 5.75 Å². The number of aryl methyl sites for hydroxylation is 1. The maximum absolute atomic E-state index is 14.6. The van der Waals surface area contributed by atoms with Gasteiger partial charge in [-0.1, -0.05) is 29.3 Å². The van der Waals surface area contributed by atoms with E-state index in [1.54, 1.807) is 30.3 Å². The van der Waals surface area contributed by atoms with Crippen LogP contribution in [0.1, 0.15) is 18.4 Å². The molecule has 6 heteroatoms. The van der Waals surface area contributed by atoms with Crippen molar-refractivity contribution < 1.29 is 14.2 Å². The highest BCUT2D eigenvalue weighted by Crippen LogP contribution is 2.36. The van der Waals surface area contributed by atoms with Crippen molar-refractivity contribution in [3.05, 3.63) is 64.9 Å². The second-order valence-corrected chi connectivity index (χ2v) is 7.67. The largest absolute Gasteiger partial charge is 0.507 e. The van der Waals surface area contributed by atoms with Crippen LogP contribution in [-0.2, 0) is 4.74 Å². The van der Waals surface area contributed by atoms with Gasteiger partial charge in [-0.15, -0.1) is 0 Å². The maximum Gasteiger partial charge on any atom is 0.132 e. The number of hydrogen-bond acceptors (Lipinski definition) is 4. The molecule has 1 atom stereocenters. The minimum atomic E-state index is -0.409. The van der Waals surface area contributed by atoms with E-state index < -0.39 is 5.82 Å². The second-order valence-electron chi connectivity index (χ2n) is 7.26. The molecule has 0 amide bonds. The Kier molecular flexibility index (Phi) is 5.69. The standard InChI is InChI=1S/C23H22ClFN2O2/c1-14-7-8-21(28)17(10-14)20-11-15(23-18(24)5-2-6-19(23)25)12-22(27-20)26-13-16-4-3-9-29-16/h2,5-8,10-12,16,28H,3-4,9,13H2,1H3,(H,26,27). The molecule has 2 aromatic carbocycles. The molecule has 1 unspecified atom stereocenters. The zero-order valence-corrected chi connectivity index (χ0v) is 16.8. The zero-order chi connectivity index (χ0) is 20.4. The van der Waals surface area contributed by atoms with Crippen LogP contribution in [-0.4, -0.2) is 29.3 Å². The Bertz CT molecular complexity index is 1020. The minimum absolute atomic E-state index is 0.116. The molecule has 1 aromatic heterocycles. The van der Waals surface area contributed by atoms with E-state index in [-0.39, 0.29) is 11.9 Å². The summed E-state index contributed by atoms with van der Waals surface area (Å²) in [6.07, 6.45) is 2.18. The number of aromatic nitrogens is 1. The van der Waals surface area contributed by atoms with Gasteiger partial charge in [0.25, 0.3) is 0 Å².